The van der Waals surface area contributed by atoms with E-state index in [1.807, 2.05) is 32.2 Å². The lowest BCUT2D eigenvalue weighted by atomic mass is 10.1. The van der Waals surface area contributed by atoms with Gasteiger partial charge in [0.1, 0.15) is 0 Å². The number of rotatable bonds is 5. The maximum atomic E-state index is 11.8. The molecule has 1 rings (SSSR count). The van der Waals surface area contributed by atoms with Crippen LogP contribution in [0.3, 0.4) is 0 Å². The second-order valence-electron chi connectivity index (χ2n) is 5.39. The van der Waals surface area contributed by atoms with Crippen LogP contribution < -0.4 is 10.6 Å². The van der Waals surface area contributed by atoms with Crippen LogP contribution in [0.4, 0.5) is 5.69 Å². The van der Waals surface area contributed by atoms with Gasteiger partial charge in [0.25, 0.3) is 0 Å². The number of carbonyl (C=O) groups excluding carboxylic acids is 2. The van der Waals surface area contributed by atoms with Crippen molar-refractivity contribution in [3.63, 3.8) is 0 Å². The molecule has 0 saturated carbocycles. The molecule has 0 aliphatic carbocycles. The summed E-state index contributed by atoms with van der Waals surface area (Å²) in [5.74, 6) is -1.01. The van der Waals surface area contributed by atoms with E-state index < -0.39 is 17.4 Å². The van der Waals surface area contributed by atoms with E-state index in [0.29, 0.717) is 11.4 Å². The Morgan fingerprint density at radius 2 is 1.95 bits per heavy atom. The molecule has 1 unspecified atom stereocenters. The van der Waals surface area contributed by atoms with E-state index in [2.05, 4.69) is 10.6 Å². The van der Waals surface area contributed by atoms with Gasteiger partial charge in [0.15, 0.2) is 0 Å². The summed E-state index contributed by atoms with van der Waals surface area (Å²) in [6.45, 7) is 5.47. The fraction of sp³-hybridized carbons (Fsp3) is 0.467. The van der Waals surface area contributed by atoms with Crippen LogP contribution >= 0.6 is 11.8 Å². The largest absolute Gasteiger partial charge is 0.387 e. The molecule has 21 heavy (non-hydrogen) atoms. The number of carbonyl (C=O) groups is 2. The Morgan fingerprint density at radius 3 is 2.52 bits per heavy atom. The molecule has 6 heteroatoms. The summed E-state index contributed by atoms with van der Waals surface area (Å²) >= 11 is 1.47. The van der Waals surface area contributed by atoms with E-state index in [9.17, 15) is 14.7 Å². The van der Waals surface area contributed by atoms with Crippen molar-refractivity contribution < 1.29 is 14.7 Å². The summed E-state index contributed by atoms with van der Waals surface area (Å²) in [5.41, 5.74) is 1.56. The predicted octanol–water partition coefficient (Wildman–Crippen LogP) is 1.47. The van der Waals surface area contributed by atoms with Crippen molar-refractivity contribution in [3.05, 3.63) is 29.3 Å². The first kappa shape index (κ1) is 17.5. The highest BCUT2D eigenvalue weighted by Crippen LogP contribution is 2.15. The Morgan fingerprint density at radius 1 is 1.29 bits per heavy atom. The van der Waals surface area contributed by atoms with Gasteiger partial charge in [0.2, 0.25) is 0 Å². The minimum Gasteiger partial charge on any atom is -0.387 e. The Kier molecular flexibility index (Phi) is 6.23. The predicted molar refractivity (Wildman–Crippen MR) is 86.6 cm³/mol. The fourth-order valence-electron chi connectivity index (χ4n) is 1.85. The molecule has 116 valence electrons. The Hall–Kier alpha value is -1.53. The molecular weight excluding hydrogens is 288 g/mol. The smallest absolute Gasteiger partial charge is 0.313 e. The molecule has 0 bridgehead atoms. The summed E-state index contributed by atoms with van der Waals surface area (Å²) in [6.07, 6.45) is 1.86. The summed E-state index contributed by atoms with van der Waals surface area (Å²) in [5, 5.41) is 15.0. The van der Waals surface area contributed by atoms with Crippen molar-refractivity contribution in [2.75, 3.05) is 23.9 Å². The minimum atomic E-state index is -1.03. The van der Waals surface area contributed by atoms with Gasteiger partial charge in [-0.2, -0.15) is 11.8 Å². The van der Waals surface area contributed by atoms with Crippen molar-refractivity contribution in [1.82, 2.24) is 5.32 Å². The highest BCUT2D eigenvalue weighted by Gasteiger charge is 2.23. The van der Waals surface area contributed by atoms with E-state index in [4.69, 9.17) is 0 Å². The molecule has 0 aromatic heterocycles. The zero-order chi connectivity index (χ0) is 16.0. The first-order chi connectivity index (χ1) is 9.75. The Balaban J connectivity index is 2.57. The van der Waals surface area contributed by atoms with Gasteiger partial charge in [-0.15, -0.1) is 0 Å². The lowest BCUT2D eigenvalue weighted by molar-refractivity contribution is -0.136. The SMILES string of the molecule is CSCC(C)(O)CNC(=O)C(=O)Nc1ccc(C)cc1C. The molecular formula is C15H22N2O3S. The van der Waals surface area contributed by atoms with Crippen molar-refractivity contribution in [1.29, 1.82) is 0 Å². The van der Waals surface area contributed by atoms with Gasteiger partial charge in [-0.05, 0) is 38.7 Å². The lowest BCUT2D eigenvalue weighted by Crippen LogP contribution is -2.45. The van der Waals surface area contributed by atoms with Gasteiger partial charge in [-0.25, -0.2) is 0 Å². The number of hydrogen-bond acceptors (Lipinski definition) is 4. The average Bonchev–Trinajstić information content (AvgIpc) is 2.39. The number of anilines is 1. The van der Waals surface area contributed by atoms with Crippen LogP contribution in [0.2, 0.25) is 0 Å². The molecule has 0 aliphatic heterocycles. The van der Waals surface area contributed by atoms with Gasteiger partial charge in [0.05, 0.1) is 5.60 Å². The number of aliphatic hydroxyl groups is 1. The van der Waals surface area contributed by atoms with Gasteiger partial charge in [-0.1, -0.05) is 17.7 Å². The van der Waals surface area contributed by atoms with E-state index in [1.165, 1.54) is 11.8 Å². The van der Waals surface area contributed by atoms with Crippen LogP contribution in [0.1, 0.15) is 18.1 Å². The average molecular weight is 310 g/mol. The summed E-state index contributed by atoms with van der Waals surface area (Å²) in [4.78, 5) is 23.5. The fourth-order valence-corrected chi connectivity index (χ4v) is 2.57. The van der Waals surface area contributed by atoms with Gasteiger partial charge in [0, 0.05) is 18.0 Å². The first-order valence-electron chi connectivity index (χ1n) is 6.63. The molecule has 1 atom stereocenters. The van der Waals surface area contributed by atoms with Gasteiger partial charge >= 0.3 is 11.8 Å². The molecule has 3 N–H and O–H groups in total. The highest BCUT2D eigenvalue weighted by molar-refractivity contribution is 7.98. The summed E-state index contributed by atoms with van der Waals surface area (Å²) in [6, 6.07) is 5.56. The van der Waals surface area contributed by atoms with Crippen LogP contribution in [0, 0.1) is 13.8 Å². The molecule has 0 radical (unpaired) electrons. The second kappa shape index (κ2) is 7.47. The molecule has 1 aromatic rings. The highest BCUT2D eigenvalue weighted by atomic mass is 32.2. The van der Waals surface area contributed by atoms with Crippen LogP contribution in [-0.2, 0) is 9.59 Å². The van der Waals surface area contributed by atoms with Crippen LogP contribution in [0.5, 0.6) is 0 Å². The number of amides is 2. The van der Waals surface area contributed by atoms with Gasteiger partial charge in [-0.3, -0.25) is 9.59 Å². The first-order valence-corrected chi connectivity index (χ1v) is 8.02. The van der Waals surface area contributed by atoms with E-state index in [1.54, 1.807) is 13.0 Å². The topological polar surface area (TPSA) is 78.4 Å². The third kappa shape index (κ3) is 5.77. The molecule has 0 fully saturated rings. The summed E-state index contributed by atoms with van der Waals surface area (Å²) in [7, 11) is 0. The van der Waals surface area contributed by atoms with Gasteiger partial charge < -0.3 is 15.7 Å². The normalized spacial score (nSPS) is 13.4. The molecule has 5 nitrogen and oxygen atoms in total. The van der Waals surface area contributed by atoms with E-state index in [-0.39, 0.29) is 6.54 Å². The molecule has 2 amide bonds. The zero-order valence-electron chi connectivity index (χ0n) is 12.8. The number of aryl methyl sites for hydroxylation is 2. The maximum Gasteiger partial charge on any atom is 0.313 e. The molecule has 0 heterocycles. The maximum absolute atomic E-state index is 11.8. The van der Waals surface area contributed by atoms with Crippen molar-refractivity contribution in [2.24, 2.45) is 0 Å². The monoisotopic (exact) mass is 310 g/mol. The Bertz CT molecular complexity index is 530. The second-order valence-corrected chi connectivity index (χ2v) is 6.25. The van der Waals surface area contributed by atoms with E-state index >= 15 is 0 Å². The number of thioether (sulfide) groups is 1. The van der Waals surface area contributed by atoms with Crippen molar-refractivity contribution in [2.45, 2.75) is 26.4 Å². The lowest BCUT2D eigenvalue weighted by Gasteiger charge is -2.22. The quantitative estimate of drug-likeness (QED) is 0.720. The molecule has 0 aliphatic rings. The van der Waals surface area contributed by atoms with Crippen LogP contribution in [0.15, 0.2) is 18.2 Å². The van der Waals surface area contributed by atoms with Crippen LogP contribution in [-0.4, -0.2) is 41.1 Å². The number of hydrogen-bond donors (Lipinski definition) is 3. The molecule has 0 saturated heterocycles. The summed E-state index contributed by atoms with van der Waals surface area (Å²) < 4.78 is 0. The number of nitrogens with one attached hydrogen (secondary N) is 2. The van der Waals surface area contributed by atoms with Crippen LogP contribution in [0.25, 0.3) is 0 Å². The van der Waals surface area contributed by atoms with Crippen molar-refractivity contribution >= 4 is 29.3 Å². The molecule has 0 spiro atoms. The third-order valence-corrected chi connectivity index (χ3v) is 3.83. The third-order valence-electron chi connectivity index (χ3n) is 2.92. The Labute approximate surface area is 129 Å². The molecule has 1 aromatic carbocycles. The van der Waals surface area contributed by atoms with Crippen molar-refractivity contribution in [3.8, 4) is 0 Å². The zero-order valence-corrected chi connectivity index (χ0v) is 13.6. The minimum absolute atomic E-state index is 0.0347. The van der Waals surface area contributed by atoms with E-state index in [0.717, 1.165) is 11.1 Å². The number of benzene rings is 1. The standard InChI is InChI=1S/C15H22N2O3S/c1-10-5-6-12(11(2)7-10)17-14(19)13(18)16-8-15(3,20)9-21-4/h5-7,20H,8-9H2,1-4H3,(H,16,18)(H,17,19).